The number of carbonyl (C=O) groups excluding carboxylic acids is 1. The largest absolute Gasteiger partial charge is 0.494 e. The molecule has 20 heavy (non-hydrogen) atoms. The van der Waals surface area contributed by atoms with Crippen LogP contribution in [0.1, 0.15) is 10.4 Å². The number of rotatable bonds is 3. The number of nitrogens with one attached hydrogen (secondary N) is 1. The van der Waals surface area contributed by atoms with E-state index in [9.17, 15) is 18.0 Å². The van der Waals surface area contributed by atoms with E-state index in [2.05, 4.69) is 5.32 Å². The molecule has 0 atom stereocenters. The first-order valence-electron chi connectivity index (χ1n) is 5.62. The predicted molar refractivity (Wildman–Crippen MR) is 67.3 cm³/mol. The number of hydrogen-bond acceptors (Lipinski definition) is 2. The molecule has 0 aliphatic carbocycles. The van der Waals surface area contributed by atoms with Gasteiger partial charge in [0.2, 0.25) is 0 Å². The highest BCUT2D eigenvalue weighted by atomic mass is 19.2. The third-order valence-electron chi connectivity index (χ3n) is 2.61. The number of ether oxygens (including phenoxy) is 1. The maximum atomic E-state index is 13.5. The Morgan fingerprint density at radius 3 is 2.60 bits per heavy atom. The van der Waals surface area contributed by atoms with Crippen LogP contribution in [0.15, 0.2) is 36.4 Å². The van der Waals surface area contributed by atoms with Crippen molar-refractivity contribution in [2.24, 2.45) is 0 Å². The molecular formula is C14H10F3NO2. The van der Waals surface area contributed by atoms with Crippen molar-refractivity contribution in [2.45, 2.75) is 0 Å². The van der Waals surface area contributed by atoms with E-state index in [0.29, 0.717) is 0 Å². The van der Waals surface area contributed by atoms with E-state index >= 15 is 0 Å². The van der Waals surface area contributed by atoms with Crippen molar-refractivity contribution in [3.05, 3.63) is 59.4 Å². The van der Waals surface area contributed by atoms with Gasteiger partial charge in [-0.3, -0.25) is 4.79 Å². The molecule has 0 unspecified atom stereocenters. The summed E-state index contributed by atoms with van der Waals surface area (Å²) in [5.41, 5.74) is -0.293. The van der Waals surface area contributed by atoms with Crippen molar-refractivity contribution >= 4 is 11.6 Å². The molecular weight excluding hydrogens is 271 g/mol. The normalized spacial score (nSPS) is 10.2. The number of hydrogen-bond donors (Lipinski definition) is 1. The predicted octanol–water partition coefficient (Wildman–Crippen LogP) is 3.36. The fraction of sp³-hybridized carbons (Fsp3) is 0.0714. The van der Waals surface area contributed by atoms with E-state index in [0.717, 1.165) is 24.3 Å². The highest BCUT2D eigenvalue weighted by Gasteiger charge is 2.16. The van der Waals surface area contributed by atoms with Crippen LogP contribution < -0.4 is 10.1 Å². The second kappa shape index (κ2) is 5.64. The summed E-state index contributed by atoms with van der Waals surface area (Å²) in [5.74, 6) is -3.69. The summed E-state index contributed by atoms with van der Waals surface area (Å²) in [4.78, 5) is 11.9. The van der Waals surface area contributed by atoms with Crippen LogP contribution in [0.4, 0.5) is 18.9 Å². The first-order valence-corrected chi connectivity index (χ1v) is 5.62. The van der Waals surface area contributed by atoms with Crippen molar-refractivity contribution in [3.8, 4) is 5.75 Å². The number of benzene rings is 2. The minimum absolute atomic E-state index is 0.0789. The summed E-state index contributed by atoms with van der Waals surface area (Å²) in [6.45, 7) is 0. The lowest BCUT2D eigenvalue weighted by molar-refractivity contribution is 0.102. The van der Waals surface area contributed by atoms with E-state index < -0.39 is 28.9 Å². The van der Waals surface area contributed by atoms with Gasteiger partial charge in [0.1, 0.15) is 11.6 Å². The minimum Gasteiger partial charge on any atom is -0.494 e. The van der Waals surface area contributed by atoms with Gasteiger partial charge in [0.25, 0.3) is 5.91 Å². The quantitative estimate of drug-likeness (QED) is 0.936. The molecule has 0 aromatic heterocycles. The minimum atomic E-state index is -1.24. The van der Waals surface area contributed by atoms with Crippen LogP contribution in [0.25, 0.3) is 0 Å². The standard InChI is InChI=1S/C14H10F3NO2/c1-20-12-7-8(15)5-6-11(12)18-14(19)9-3-2-4-10(16)13(9)17/h2-7H,1H3,(H,18,19). The van der Waals surface area contributed by atoms with Gasteiger partial charge >= 0.3 is 0 Å². The lowest BCUT2D eigenvalue weighted by Gasteiger charge is -2.10. The molecule has 104 valence electrons. The van der Waals surface area contributed by atoms with Crippen LogP contribution >= 0.6 is 0 Å². The topological polar surface area (TPSA) is 38.3 Å². The zero-order valence-corrected chi connectivity index (χ0v) is 10.4. The molecule has 6 heteroatoms. The highest BCUT2D eigenvalue weighted by Crippen LogP contribution is 2.25. The smallest absolute Gasteiger partial charge is 0.258 e. The molecule has 3 nitrogen and oxygen atoms in total. The fourth-order valence-electron chi connectivity index (χ4n) is 1.64. The molecule has 0 aliphatic heterocycles. The molecule has 0 radical (unpaired) electrons. The summed E-state index contributed by atoms with van der Waals surface area (Å²) in [5, 5.41) is 2.34. The van der Waals surface area contributed by atoms with Crippen LogP contribution in [0.2, 0.25) is 0 Å². The van der Waals surface area contributed by atoms with Gasteiger partial charge < -0.3 is 10.1 Å². The second-order valence-electron chi connectivity index (χ2n) is 3.90. The fourth-order valence-corrected chi connectivity index (χ4v) is 1.64. The molecule has 1 N–H and O–H groups in total. The van der Waals surface area contributed by atoms with Crippen molar-refractivity contribution in [1.29, 1.82) is 0 Å². The van der Waals surface area contributed by atoms with E-state index in [1.54, 1.807) is 0 Å². The van der Waals surface area contributed by atoms with E-state index in [-0.39, 0.29) is 11.4 Å². The van der Waals surface area contributed by atoms with Crippen LogP contribution in [-0.4, -0.2) is 13.0 Å². The number of carbonyl (C=O) groups is 1. The Morgan fingerprint density at radius 1 is 1.15 bits per heavy atom. The van der Waals surface area contributed by atoms with Crippen molar-refractivity contribution in [1.82, 2.24) is 0 Å². The van der Waals surface area contributed by atoms with Crippen molar-refractivity contribution in [2.75, 3.05) is 12.4 Å². The molecule has 2 aromatic rings. The van der Waals surface area contributed by atoms with Crippen LogP contribution in [0.3, 0.4) is 0 Å². The molecule has 0 heterocycles. The van der Waals surface area contributed by atoms with Crippen molar-refractivity contribution < 1.29 is 22.7 Å². The Labute approximate surface area is 113 Å². The van der Waals surface area contributed by atoms with E-state index in [1.807, 2.05) is 0 Å². The Morgan fingerprint density at radius 2 is 1.90 bits per heavy atom. The monoisotopic (exact) mass is 281 g/mol. The SMILES string of the molecule is COc1cc(F)ccc1NC(=O)c1cccc(F)c1F. The number of anilines is 1. The van der Waals surface area contributed by atoms with Gasteiger partial charge in [0, 0.05) is 6.07 Å². The maximum absolute atomic E-state index is 13.5. The Kier molecular flexibility index (Phi) is 3.93. The summed E-state index contributed by atoms with van der Waals surface area (Å²) in [6.07, 6.45) is 0. The van der Waals surface area contributed by atoms with E-state index in [1.165, 1.54) is 19.2 Å². The van der Waals surface area contributed by atoms with Crippen LogP contribution in [-0.2, 0) is 0 Å². The summed E-state index contributed by atoms with van der Waals surface area (Å²) < 4.78 is 44.4. The lowest BCUT2D eigenvalue weighted by atomic mass is 10.2. The maximum Gasteiger partial charge on any atom is 0.258 e. The summed E-state index contributed by atoms with van der Waals surface area (Å²) in [7, 11) is 1.30. The first kappa shape index (κ1) is 13.9. The van der Waals surface area contributed by atoms with E-state index in [4.69, 9.17) is 4.74 Å². The zero-order chi connectivity index (χ0) is 14.7. The Hall–Kier alpha value is -2.50. The third kappa shape index (κ3) is 2.74. The lowest BCUT2D eigenvalue weighted by Crippen LogP contribution is -2.15. The molecule has 0 aliphatic rings. The number of halogens is 3. The van der Waals surface area contributed by atoms with Crippen molar-refractivity contribution in [3.63, 3.8) is 0 Å². The molecule has 0 spiro atoms. The van der Waals surface area contributed by atoms with Crippen LogP contribution in [0, 0.1) is 17.5 Å². The highest BCUT2D eigenvalue weighted by molar-refractivity contribution is 6.05. The molecule has 2 aromatic carbocycles. The van der Waals surface area contributed by atoms with Gasteiger partial charge in [-0.15, -0.1) is 0 Å². The van der Waals surface area contributed by atoms with Gasteiger partial charge in [0.05, 0.1) is 18.4 Å². The van der Waals surface area contributed by atoms with Crippen LogP contribution in [0.5, 0.6) is 5.75 Å². The average molecular weight is 281 g/mol. The van der Waals surface area contributed by atoms with Gasteiger partial charge in [-0.2, -0.15) is 0 Å². The Balaban J connectivity index is 2.30. The molecule has 0 saturated carbocycles. The first-order chi connectivity index (χ1) is 9.52. The Bertz CT molecular complexity index is 659. The molecule has 2 rings (SSSR count). The number of amides is 1. The van der Waals surface area contributed by atoms with Gasteiger partial charge in [-0.1, -0.05) is 6.07 Å². The number of methoxy groups -OCH3 is 1. The second-order valence-corrected chi connectivity index (χ2v) is 3.90. The average Bonchev–Trinajstić information content (AvgIpc) is 2.43. The van der Waals surface area contributed by atoms with Gasteiger partial charge in [-0.25, -0.2) is 13.2 Å². The molecule has 0 fully saturated rings. The summed E-state index contributed by atoms with van der Waals surface area (Å²) >= 11 is 0. The third-order valence-corrected chi connectivity index (χ3v) is 2.61. The molecule has 0 bridgehead atoms. The zero-order valence-electron chi connectivity index (χ0n) is 10.4. The summed E-state index contributed by atoms with van der Waals surface area (Å²) in [6, 6.07) is 6.71. The molecule has 1 amide bonds. The van der Waals surface area contributed by atoms with Gasteiger partial charge in [-0.05, 0) is 24.3 Å². The molecule has 0 saturated heterocycles. The van der Waals surface area contributed by atoms with Gasteiger partial charge in [0.15, 0.2) is 11.6 Å².